The topological polar surface area (TPSA) is 126 Å². The molecule has 0 spiro atoms. The van der Waals surface area contributed by atoms with Crippen molar-refractivity contribution in [1.82, 2.24) is 5.32 Å². The van der Waals surface area contributed by atoms with Crippen LogP contribution in [-0.4, -0.2) is 56.0 Å². The molecule has 1 rings (SSSR count). The van der Waals surface area contributed by atoms with Gasteiger partial charge in [0.2, 0.25) is 0 Å². The highest BCUT2D eigenvalue weighted by atomic mass is 16.7. The molecule has 1 aromatic rings. The molecular weight excluding hydrogens is 458 g/mol. The number of hydrogen-bond donors (Lipinski definition) is 1. The summed E-state index contributed by atoms with van der Waals surface area (Å²) >= 11 is 0. The number of ether oxygens (including phenoxy) is 5. The quantitative estimate of drug-likeness (QED) is 0.301. The van der Waals surface area contributed by atoms with Gasteiger partial charge in [-0.1, -0.05) is 33.3 Å². The van der Waals surface area contributed by atoms with E-state index in [4.69, 9.17) is 23.7 Å². The Kier molecular flexibility index (Phi) is 13.4. The zero-order chi connectivity index (χ0) is 26.4. The molecule has 0 aliphatic rings. The lowest BCUT2D eigenvalue weighted by Gasteiger charge is -2.21. The van der Waals surface area contributed by atoms with Crippen LogP contribution in [0.25, 0.3) is 0 Å². The molecule has 0 radical (unpaired) electrons. The van der Waals surface area contributed by atoms with E-state index >= 15 is 0 Å². The first-order chi connectivity index (χ1) is 16.6. The van der Waals surface area contributed by atoms with E-state index in [1.54, 1.807) is 33.8 Å². The molecule has 0 heterocycles. The number of carbonyl (C=O) groups is 4. The summed E-state index contributed by atoms with van der Waals surface area (Å²) in [6.07, 6.45) is 0.501. The third-order valence-corrected chi connectivity index (χ3v) is 4.90. The van der Waals surface area contributed by atoms with Crippen molar-refractivity contribution in [2.24, 2.45) is 0 Å². The fraction of sp³-hybridized carbons (Fsp3) is 0.600. The summed E-state index contributed by atoms with van der Waals surface area (Å²) in [6.45, 7) is 8.92. The molecule has 1 N–H and O–H groups in total. The molecule has 10 heteroatoms. The number of hydrogen-bond acceptors (Lipinski definition) is 10. The molecule has 0 aliphatic carbocycles. The standard InChI is InChI=1S/C25H37NO9/c1-7-10-16(4)32-25(30)33-17(5)15-26-19(24(29)31-6)13-18-11-12-20(34-22(27)8-2)21(14-18)35-23(28)9-3/h11-12,14,16-17,19,26H,7-10,13,15H2,1-6H3/t16?,17?,19-/m0/s1. The minimum Gasteiger partial charge on any atom is -0.468 e. The fourth-order valence-corrected chi connectivity index (χ4v) is 3.02. The number of methoxy groups -OCH3 is 1. The molecule has 0 saturated heterocycles. The lowest BCUT2D eigenvalue weighted by Crippen LogP contribution is -2.43. The molecule has 0 saturated carbocycles. The Morgan fingerprint density at radius 1 is 0.886 bits per heavy atom. The van der Waals surface area contributed by atoms with Gasteiger partial charge in [0.05, 0.1) is 7.11 Å². The summed E-state index contributed by atoms with van der Waals surface area (Å²) in [7, 11) is 1.27. The highest BCUT2D eigenvalue weighted by Gasteiger charge is 2.23. The first-order valence-electron chi connectivity index (χ1n) is 11.9. The van der Waals surface area contributed by atoms with Gasteiger partial charge in [0.15, 0.2) is 11.5 Å². The van der Waals surface area contributed by atoms with E-state index < -0.39 is 36.2 Å². The third-order valence-electron chi connectivity index (χ3n) is 4.90. The molecule has 0 amide bonds. The lowest BCUT2D eigenvalue weighted by molar-refractivity contribution is -0.143. The minimum absolute atomic E-state index is 0.0837. The molecule has 0 bridgehead atoms. The van der Waals surface area contributed by atoms with Crippen molar-refractivity contribution in [3.8, 4) is 11.5 Å². The Morgan fingerprint density at radius 2 is 1.49 bits per heavy atom. The van der Waals surface area contributed by atoms with Crippen LogP contribution in [0.3, 0.4) is 0 Å². The van der Waals surface area contributed by atoms with E-state index in [-0.39, 0.29) is 43.4 Å². The van der Waals surface area contributed by atoms with Crippen LogP contribution in [0.5, 0.6) is 11.5 Å². The van der Waals surface area contributed by atoms with Crippen molar-refractivity contribution in [2.75, 3.05) is 13.7 Å². The highest BCUT2D eigenvalue weighted by molar-refractivity contribution is 5.77. The van der Waals surface area contributed by atoms with Gasteiger partial charge in [0.25, 0.3) is 0 Å². The fourth-order valence-electron chi connectivity index (χ4n) is 3.02. The summed E-state index contributed by atoms with van der Waals surface area (Å²) in [5.74, 6) is -1.30. The summed E-state index contributed by atoms with van der Waals surface area (Å²) < 4.78 is 25.9. The molecule has 0 fully saturated rings. The van der Waals surface area contributed by atoms with Gasteiger partial charge in [0.1, 0.15) is 18.2 Å². The van der Waals surface area contributed by atoms with E-state index in [0.29, 0.717) is 5.56 Å². The van der Waals surface area contributed by atoms with Gasteiger partial charge < -0.3 is 29.0 Å². The first kappa shape index (κ1) is 29.9. The average molecular weight is 496 g/mol. The highest BCUT2D eigenvalue weighted by Crippen LogP contribution is 2.30. The summed E-state index contributed by atoms with van der Waals surface area (Å²) in [5, 5.41) is 3.03. The Balaban J connectivity index is 2.89. The molecule has 196 valence electrons. The first-order valence-corrected chi connectivity index (χ1v) is 11.9. The molecule has 2 unspecified atom stereocenters. The van der Waals surface area contributed by atoms with Crippen molar-refractivity contribution in [3.63, 3.8) is 0 Å². The van der Waals surface area contributed by atoms with Gasteiger partial charge >= 0.3 is 24.1 Å². The van der Waals surface area contributed by atoms with Crippen LogP contribution in [0.15, 0.2) is 18.2 Å². The van der Waals surface area contributed by atoms with Crippen LogP contribution in [-0.2, 0) is 35.0 Å². The van der Waals surface area contributed by atoms with Crippen LogP contribution >= 0.6 is 0 Å². The normalized spacial score (nSPS) is 13.2. The van der Waals surface area contributed by atoms with Crippen LogP contribution < -0.4 is 14.8 Å². The Bertz CT molecular complexity index is 855. The van der Waals surface area contributed by atoms with E-state index in [0.717, 1.165) is 12.8 Å². The number of carbonyl (C=O) groups excluding carboxylic acids is 4. The maximum absolute atomic E-state index is 12.4. The number of benzene rings is 1. The smallest absolute Gasteiger partial charge is 0.468 e. The average Bonchev–Trinajstić information content (AvgIpc) is 2.82. The maximum Gasteiger partial charge on any atom is 0.508 e. The Labute approximate surface area is 206 Å². The molecule has 0 aliphatic heterocycles. The lowest BCUT2D eigenvalue weighted by atomic mass is 10.0. The molecule has 35 heavy (non-hydrogen) atoms. The van der Waals surface area contributed by atoms with Gasteiger partial charge in [-0.15, -0.1) is 0 Å². The summed E-state index contributed by atoms with van der Waals surface area (Å²) in [4.78, 5) is 47.8. The van der Waals surface area contributed by atoms with Gasteiger partial charge in [-0.3, -0.25) is 14.4 Å². The minimum atomic E-state index is -0.778. The van der Waals surface area contributed by atoms with Gasteiger partial charge in [0, 0.05) is 19.4 Å². The predicted molar refractivity (Wildman–Crippen MR) is 127 cm³/mol. The van der Waals surface area contributed by atoms with Crippen LogP contribution in [0.2, 0.25) is 0 Å². The summed E-state index contributed by atoms with van der Waals surface area (Å²) in [5.41, 5.74) is 0.629. The number of nitrogens with one attached hydrogen (secondary N) is 1. The second-order valence-corrected chi connectivity index (χ2v) is 8.02. The molecule has 0 aromatic heterocycles. The number of esters is 3. The van der Waals surface area contributed by atoms with Crippen LogP contribution in [0.1, 0.15) is 65.9 Å². The second-order valence-electron chi connectivity index (χ2n) is 8.02. The van der Waals surface area contributed by atoms with E-state index in [9.17, 15) is 19.2 Å². The van der Waals surface area contributed by atoms with E-state index in [1.165, 1.54) is 19.2 Å². The SMILES string of the molecule is CCCC(C)OC(=O)OC(C)CN[C@@H](Cc1ccc(OC(=O)CC)c(OC(=O)CC)c1)C(=O)OC. The van der Waals surface area contributed by atoms with Crippen molar-refractivity contribution in [3.05, 3.63) is 23.8 Å². The van der Waals surface area contributed by atoms with E-state index in [2.05, 4.69) is 5.32 Å². The third kappa shape index (κ3) is 11.2. The number of rotatable bonds is 14. The molecular formula is C25H37NO9. The molecule has 1 aromatic carbocycles. The zero-order valence-electron chi connectivity index (χ0n) is 21.4. The van der Waals surface area contributed by atoms with Gasteiger partial charge in [-0.2, -0.15) is 0 Å². The van der Waals surface area contributed by atoms with Gasteiger partial charge in [-0.05, 0) is 44.4 Å². The zero-order valence-corrected chi connectivity index (χ0v) is 21.4. The van der Waals surface area contributed by atoms with Crippen molar-refractivity contribution in [2.45, 2.75) is 85.0 Å². The maximum atomic E-state index is 12.4. The van der Waals surface area contributed by atoms with Crippen molar-refractivity contribution >= 4 is 24.1 Å². The Hall–Kier alpha value is -3.14. The monoisotopic (exact) mass is 495 g/mol. The molecule has 3 atom stereocenters. The molecule has 10 nitrogen and oxygen atoms in total. The van der Waals surface area contributed by atoms with Gasteiger partial charge in [-0.25, -0.2) is 4.79 Å². The Morgan fingerprint density at radius 3 is 2.06 bits per heavy atom. The predicted octanol–water partition coefficient (Wildman–Crippen LogP) is 3.72. The van der Waals surface area contributed by atoms with E-state index in [1.807, 2.05) is 6.92 Å². The second kappa shape index (κ2) is 15.7. The van der Waals surface area contributed by atoms with Crippen LogP contribution in [0, 0.1) is 0 Å². The van der Waals surface area contributed by atoms with Crippen LogP contribution in [0.4, 0.5) is 4.79 Å². The van der Waals surface area contributed by atoms with Crippen molar-refractivity contribution < 1.29 is 42.9 Å². The van der Waals surface area contributed by atoms with Crippen molar-refractivity contribution in [1.29, 1.82) is 0 Å². The largest absolute Gasteiger partial charge is 0.508 e. The summed E-state index contributed by atoms with van der Waals surface area (Å²) in [6, 6.07) is 3.93.